The summed E-state index contributed by atoms with van der Waals surface area (Å²) < 4.78 is 0. The van der Waals surface area contributed by atoms with Crippen molar-refractivity contribution in [3.05, 3.63) is 41.7 Å². The van der Waals surface area contributed by atoms with Gasteiger partial charge in [-0.1, -0.05) is 32.0 Å². The maximum Gasteiger partial charge on any atom is 0.0687 e. The summed E-state index contributed by atoms with van der Waals surface area (Å²) >= 11 is 0. The van der Waals surface area contributed by atoms with E-state index in [0.717, 1.165) is 22.0 Å². The summed E-state index contributed by atoms with van der Waals surface area (Å²) in [6.45, 7) is 6.04. The predicted molar refractivity (Wildman–Crippen MR) is 63.8 cm³/mol. The molecule has 15 heavy (non-hydrogen) atoms. The van der Waals surface area contributed by atoms with Crippen LogP contribution in [-0.4, -0.2) is 10.1 Å². The third kappa shape index (κ3) is 2.54. The molecule has 0 saturated heterocycles. The Morgan fingerprint density at radius 2 is 2.00 bits per heavy atom. The van der Waals surface area contributed by atoms with Crippen LogP contribution in [-0.2, 0) is 6.61 Å². The second kappa shape index (κ2) is 5.47. The van der Waals surface area contributed by atoms with E-state index in [9.17, 15) is 0 Å². The molecule has 2 heteroatoms. The minimum atomic E-state index is 0.0841. The van der Waals surface area contributed by atoms with Crippen molar-refractivity contribution in [3.63, 3.8) is 0 Å². The molecule has 0 atom stereocenters. The second-order valence-corrected chi connectivity index (χ2v) is 3.12. The predicted octanol–water partition coefficient (Wildman–Crippen LogP) is 3.06. The molecule has 0 aliphatic carbocycles. The topological polar surface area (TPSA) is 33.1 Å². The van der Waals surface area contributed by atoms with Crippen LogP contribution in [0.5, 0.6) is 0 Å². The van der Waals surface area contributed by atoms with Gasteiger partial charge >= 0.3 is 0 Å². The monoisotopic (exact) mass is 203 g/mol. The SMILES string of the molecule is CC.Cc1cc2c(CO)cccc2cn1. The molecule has 0 spiro atoms. The van der Waals surface area contributed by atoms with Gasteiger partial charge in [0, 0.05) is 17.3 Å². The highest BCUT2D eigenvalue weighted by molar-refractivity contribution is 5.85. The van der Waals surface area contributed by atoms with Crippen molar-refractivity contribution < 1.29 is 5.11 Å². The van der Waals surface area contributed by atoms with Gasteiger partial charge in [-0.3, -0.25) is 4.98 Å². The number of hydrogen-bond donors (Lipinski definition) is 1. The van der Waals surface area contributed by atoms with E-state index in [1.54, 1.807) is 0 Å². The van der Waals surface area contributed by atoms with Crippen molar-refractivity contribution in [1.82, 2.24) is 4.98 Å². The summed E-state index contributed by atoms with van der Waals surface area (Å²) in [4.78, 5) is 4.20. The lowest BCUT2D eigenvalue weighted by Gasteiger charge is -2.03. The van der Waals surface area contributed by atoms with Crippen LogP contribution in [0.3, 0.4) is 0 Å². The van der Waals surface area contributed by atoms with Crippen molar-refractivity contribution in [2.24, 2.45) is 0 Å². The average Bonchev–Trinajstić information content (AvgIpc) is 2.31. The van der Waals surface area contributed by atoms with Gasteiger partial charge in [-0.15, -0.1) is 0 Å². The van der Waals surface area contributed by atoms with Crippen molar-refractivity contribution in [1.29, 1.82) is 0 Å². The van der Waals surface area contributed by atoms with E-state index in [0.29, 0.717) is 0 Å². The molecule has 0 fully saturated rings. The van der Waals surface area contributed by atoms with E-state index in [4.69, 9.17) is 5.11 Å². The first kappa shape index (κ1) is 11.7. The summed E-state index contributed by atoms with van der Waals surface area (Å²) in [5.74, 6) is 0. The van der Waals surface area contributed by atoms with Crippen molar-refractivity contribution in [2.45, 2.75) is 27.4 Å². The number of nitrogens with zero attached hydrogens (tertiary/aromatic N) is 1. The van der Waals surface area contributed by atoms with E-state index in [-0.39, 0.29) is 6.61 Å². The number of aryl methyl sites for hydroxylation is 1. The summed E-state index contributed by atoms with van der Waals surface area (Å²) in [6.07, 6.45) is 1.84. The minimum Gasteiger partial charge on any atom is -0.392 e. The number of benzene rings is 1. The van der Waals surface area contributed by atoms with Gasteiger partial charge in [0.2, 0.25) is 0 Å². The Morgan fingerprint density at radius 1 is 1.27 bits per heavy atom. The molecule has 1 heterocycles. The van der Waals surface area contributed by atoms with Crippen LogP contribution in [0.15, 0.2) is 30.5 Å². The lowest BCUT2D eigenvalue weighted by molar-refractivity contribution is 0.283. The van der Waals surface area contributed by atoms with Crippen molar-refractivity contribution >= 4 is 10.8 Å². The van der Waals surface area contributed by atoms with E-state index >= 15 is 0 Å². The zero-order chi connectivity index (χ0) is 11.3. The van der Waals surface area contributed by atoms with Gasteiger partial charge in [0.25, 0.3) is 0 Å². The number of aliphatic hydroxyl groups is 1. The fraction of sp³-hybridized carbons (Fsp3) is 0.308. The highest BCUT2D eigenvalue weighted by atomic mass is 16.3. The molecule has 2 nitrogen and oxygen atoms in total. The fourth-order valence-corrected chi connectivity index (χ4v) is 1.48. The highest BCUT2D eigenvalue weighted by Crippen LogP contribution is 2.18. The molecule has 1 aromatic carbocycles. The zero-order valence-corrected chi connectivity index (χ0v) is 9.49. The molecular formula is C13H17NO. The molecule has 0 radical (unpaired) electrons. The molecule has 0 aliphatic rings. The number of hydrogen-bond acceptors (Lipinski definition) is 2. The first-order valence-electron chi connectivity index (χ1n) is 5.26. The third-order valence-corrected chi connectivity index (χ3v) is 2.16. The van der Waals surface area contributed by atoms with Crippen molar-refractivity contribution in [2.75, 3.05) is 0 Å². The first-order chi connectivity index (χ1) is 7.31. The smallest absolute Gasteiger partial charge is 0.0687 e. The third-order valence-electron chi connectivity index (χ3n) is 2.16. The van der Waals surface area contributed by atoms with Gasteiger partial charge in [-0.25, -0.2) is 0 Å². The average molecular weight is 203 g/mol. The minimum absolute atomic E-state index is 0.0841. The quantitative estimate of drug-likeness (QED) is 0.772. The van der Waals surface area contributed by atoms with E-state index in [1.165, 1.54) is 0 Å². The van der Waals surface area contributed by atoms with Crippen LogP contribution in [0, 0.1) is 6.92 Å². The Balaban J connectivity index is 0.000000531. The van der Waals surface area contributed by atoms with Gasteiger partial charge in [-0.2, -0.15) is 0 Å². The lowest BCUT2D eigenvalue weighted by Crippen LogP contribution is -1.88. The number of fused-ring (bicyclic) bond motifs is 1. The van der Waals surface area contributed by atoms with Crippen LogP contribution < -0.4 is 0 Å². The standard InChI is InChI=1S/C11H11NO.C2H6/c1-8-5-11-9(6-12-8)3-2-4-10(11)7-13;1-2/h2-6,13H,7H2,1H3;1-2H3. The summed E-state index contributed by atoms with van der Waals surface area (Å²) in [5.41, 5.74) is 1.94. The summed E-state index contributed by atoms with van der Waals surface area (Å²) in [7, 11) is 0. The highest BCUT2D eigenvalue weighted by Gasteiger charge is 1.99. The fourth-order valence-electron chi connectivity index (χ4n) is 1.48. The Labute approximate surface area is 90.6 Å². The molecule has 80 valence electrons. The van der Waals surface area contributed by atoms with Gasteiger partial charge in [0.1, 0.15) is 0 Å². The summed E-state index contributed by atoms with van der Waals surface area (Å²) in [6, 6.07) is 7.87. The maximum atomic E-state index is 9.11. The molecule has 1 aromatic heterocycles. The molecule has 2 rings (SSSR count). The summed E-state index contributed by atoms with van der Waals surface area (Å²) in [5, 5.41) is 11.3. The van der Waals surface area contributed by atoms with Gasteiger partial charge in [0.05, 0.1) is 6.61 Å². The molecule has 2 aromatic rings. The molecule has 1 N–H and O–H groups in total. The molecule has 0 bridgehead atoms. The van der Waals surface area contributed by atoms with E-state index in [2.05, 4.69) is 4.98 Å². The molecule has 0 amide bonds. The number of pyridine rings is 1. The maximum absolute atomic E-state index is 9.11. The van der Waals surface area contributed by atoms with E-state index < -0.39 is 0 Å². The lowest BCUT2D eigenvalue weighted by atomic mass is 10.1. The number of aliphatic hydroxyl groups excluding tert-OH is 1. The largest absolute Gasteiger partial charge is 0.392 e. The second-order valence-electron chi connectivity index (χ2n) is 3.12. The molecule has 0 unspecified atom stereocenters. The van der Waals surface area contributed by atoms with E-state index in [1.807, 2.05) is 51.2 Å². The van der Waals surface area contributed by atoms with Crippen LogP contribution in [0.25, 0.3) is 10.8 Å². The van der Waals surface area contributed by atoms with Gasteiger partial charge in [0.15, 0.2) is 0 Å². The van der Waals surface area contributed by atoms with Gasteiger partial charge < -0.3 is 5.11 Å². The Morgan fingerprint density at radius 3 is 2.67 bits per heavy atom. The Bertz CT molecular complexity index is 437. The normalized spacial score (nSPS) is 9.60. The van der Waals surface area contributed by atoms with Crippen LogP contribution in [0.1, 0.15) is 25.1 Å². The number of rotatable bonds is 1. The first-order valence-corrected chi connectivity index (χ1v) is 5.26. The molecule has 0 saturated carbocycles. The zero-order valence-electron chi connectivity index (χ0n) is 9.49. The van der Waals surface area contributed by atoms with Crippen molar-refractivity contribution in [3.8, 4) is 0 Å². The van der Waals surface area contributed by atoms with Gasteiger partial charge in [-0.05, 0) is 23.9 Å². The number of aromatic nitrogens is 1. The Hall–Kier alpha value is -1.41. The van der Waals surface area contributed by atoms with Crippen LogP contribution in [0.2, 0.25) is 0 Å². The van der Waals surface area contributed by atoms with Crippen LogP contribution in [0.4, 0.5) is 0 Å². The molecule has 0 aliphatic heterocycles. The molecular weight excluding hydrogens is 186 g/mol. The Kier molecular flexibility index (Phi) is 4.25. The van der Waals surface area contributed by atoms with Crippen LogP contribution >= 0.6 is 0 Å².